The number of benzene rings is 1. The van der Waals surface area contributed by atoms with Crippen LogP contribution in [-0.4, -0.2) is 18.2 Å². The molecule has 1 aliphatic heterocycles. The monoisotopic (exact) mass is 397 g/mol. The van der Waals surface area contributed by atoms with Crippen molar-refractivity contribution in [2.45, 2.75) is 12.5 Å². The van der Waals surface area contributed by atoms with Gasteiger partial charge in [-0.1, -0.05) is 29.3 Å². The van der Waals surface area contributed by atoms with E-state index >= 15 is 0 Å². The highest BCUT2D eigenvalue weighted by molar-refractivity contribution is 6.36. The number of hydrogen-bond donors (Lipinski definition) is 2. The maximum Gasteiger partial charge on any atom is 0.340 e. The summed E-state index contributed by atoms with van der Waals surface area (Å²) in [4.78, 5) is 24.7. The number of aliphatic hydroxyl groups excluding tert-OH is 1. The van der Waals surface area contributed by atoms with Crippen molar-refractivity contribution < 1.29 is 23.8 Å². The second-order valence-electron chi connectivity index (χ2n) is 5.37. The number of aliphatic hydroxyl groups is 1. The Morgan fingerprint density at radius 1 is 1.35 bits per heavy atom. The first-order valence-corrected chi connectivity index (χ1v) is 8.12. The van der Waals surface area contributed by atoms with Gasteiger partial charge >= 0.3 is 5.97 Å². The van der Waals surface area contributed by atoms with Crippen LogP contribution < -0.4 is 15.9 Å². The molecular formula is C17H13Cl2NO6. The highest BCUT2D eigenvalue weighted by atomic mass is 35.5. The second-order valence-corrected chi connectivity index (χ2v) is 6.18. The van der Waals surface area contributed by atoms with Crippen molar-refractivity contribution in [2.75, 3.05) is 7.11 Å². The molecule has 7 nitrogen and oxygen atoms in total. The van der Waals surface area contributed by atoms with Gasteiger partial charge in [0.25, 0.3) is 0 Å². The maximum atomic E-state index is 12.3. The van der Waals surface area contributed by atoms with E-state index in [2.05, 4.69) is 0 Å². The van der Waals surface area contributed by atoms with Gasteiger partial charge in [0.05, 0.1) is 13.0 Å². The maximum absolute atomic E-state index is 12.3. The average molecular weight is 398 g/mol. The van der Waals surface area contributed by atoms with Crippen LogP contribution in [0.25, 0.3) is 0 Å². The molecule has 0 bridgehead atoms. The fraction of sp³-hybridized carbons (Fsp3) is 0.176. The van der Waals surface area contributed by atoms with E-state index in [4.69, 9.17) is 42.8 Å². The van der Waals surface area contributed by atoms with Crippen LogP contribution in [0.15, 0.2) is 44.9 Å². The van der Waals surface area contributed by atoms with E-state index in [1.807, 2.05) is 0 Å². The summed E-state index contributed by atoms with van der Waals surface area (Å²) in [5.74, 6) is -2.46. The lowest BCUT2D eigenvalue weighted by Gasteiger charge is -2.27. The van der Waals surface area contributed by atoms with Crippen LogP contribution in [0.4, 0.5) is 0 Å². The third-order valence-electron chi connectivity index (χ3n) is 3.86. The first-order valence-electron chi connectivity index (χ1n) is 7.36. The first kappa shape index (κ1) is 18.3. The standard InChI is InChI=1S/C17H13Cl2NO6/c1-24-17(23)13-12(11-8(18)3-2-4-9(11)19)15-14(26-16(13)20)10(22)5-7(6-21)25-15/h2-5,12,21H,6,20H2,1H3/t12-/m1/s1. The van der Waals surface area contributed by atoms with Gasteiger partial charge in [-0.15, -0.1) is 0 Å². The Morgan fingerprint density at radius 3 is 2.58 bits per heavy atom. The molecule has 2 heterocycles. The molecule has 1 aromatic carbocycles. The number of halogens is 2. The quantitative estimate of drug-likeness (QED) is 0.763. The van der Waals surface area contributed by atoms with Crippen molar-refractivity contribution >= 4 is 29.2 Å². The molecule has 0 amide bonds. The molecule has 0 aliphatic carbocycles. The largest absolute Gasteiger partial charge is 0.465 e. The molecule has 0 unspecified atom stereocenters. The van der Waals surface area contributed by atoms with E-state index in [1.165, 1.54) is 7.11 Å². The number of hydrogen-bond acceptors (Lipinski definition) is 7. The zero-order chi connectivity index (χ0) is 19.0. The van der Waals surface area contributed by atoms with Crippen LogP contribution in [0.2, 0.25) is 10.0 Å². The Hall–Kier alpha value is -2.48. The molecular weight excluding hydrogens is 385 g/mol. The summed E-state index contributed by atoms with van der Waals surface area (Å²) < 4.78 is 15.7. The Morgan fingerprint density at radius 2 is 2.00 bits per heavy atom. The molecule has 3 N–H and O–H groups in total. The number of fused-ring (bicyclic) bond motifs is 1. The van der Waals surface area contributed by atoms with Crippen LogP contribution in [0.1, 0.15) is 23.0 Å². The number of carbonyl (C=O) groups is 1. The van der Waals surface area contributed by atoms with Gasteiger partial charge in [0.1, 0.15) is 17.9 Å². The molecule has 0 fully saturated rings. The van der Waals surface area contributed by atoms with Crippen molar-refractivity contribution in [3.05, 3.63) is 73.1 Å². The fourth-order valence-corrected chi connectivity index (χ4v) is 3.36. The minimum atomic E-state index is -1.05. The van der Waals surface area contributed by atoms with Crippen molar-refractivity contribution in [1.82, 2.24) is 0 Å². The van der Waals surface area contributed by atoms with Gasteiger partial charge in [-0.3, -0.25) is 4.79 Å². The molecule has 26 heavy (non-hydrogen) atoms. The third-order valence-corrected chi connectivity index (χ3v) is 4.52. The SMILES string of the molecule is COC(=O)C1=C(N)Oc2c(oc(CO)cc2=O)[C@@H]1c1c(Cl)cccc1Cl. The smallest absolute Gasteiger partial charge is 0.340 e. The summed E-state index contributed by atoms with van der Waals surface area (Å²) in [5, 5.41) is 9.80. The highest BCUT2D eigenvalue weighted by Gasteiger charge is 2.40. The van der Waals surface area contributed by atoms with Crippen molar-refractivity contribution in [3.8, 4) is 5.75 Å². The van der Waals surface area contributed by atoms with E-state index in [0.717, 1.165) is 6.07 Å². The number of methoxy groups -OCH3 is 1. The first-order chi connectivity index (χ1) is 12.4. The molecule has 0 saturated heterocycles. The van der Waals surface area contributed by atoms with Crippen LogP contribution >= 0.6 is 23.2 Å². The summed E-state index contributed by atoms with van der Waals surface area (Å²) in [6.07, 6.45) is 0. The van der Waals surface area contributed by atoms with Gasteiger partial charge in [-0.25, -0.2) is 4.79 Å². The number of rotatable bonds is 3. The molecule has 0 saturated carbocycles. The highest BCUT2D eigenvalue weighted by Crippen LogP contribution is 2.46. The van der Waals surface area contributed by atoms with Gasteiger partial charge in [-0.2, -0.15) is 0 Å². The summed E-state index contributed by atoms with van der Waals surface area (Å²) in [7, 11) is 1.17. The lowest BCUT2D eigenvalue weighted by Crippen LogP contribution is -2.30. The van der Waals surface area contributed by atoms with Gasteiger partial charge < -0.3 is 24.7 Å². The molecule has 1 aliphatic rings. The number of ether oxygens (including phenoxy) is 2. The summed E-state index contributed by atoms with van der Waals surface area (Å²) in [6.45, 7) is -0.530. The Balaban J connectivity index is 2.39. The summed E-state index contributed by atoms with van der Waals surface area (Å²) >= 11 is 12.6. The molecule has 1 atom stereocenters. The lowest BCUT2D eigenvalue weighted by molar-refractivity contribution is -0.136. The molecule has 0 spiro atoms. The third kappa shape index (κ3) is 2.94. The average Bonchev–Trinajstić information content (AvgIpc) is 2.61. The molecule has 0 radical (unpaired) electrons. The van der Waals surface area contributed by atoms with Gasteiger partial charge in [-0.05, 0) is 12.1 Å². The normalized spacial score (nSPS) is 16.1. The minimum Gasteiger partial charge on any atom is -0.465 e. The van der Waals surface area contributed by atoms with E-state index in [-0.39, 0.29) is 38.8 Å². The zero-order valence-electron chi connectivity index (χ0n) is 13.4. The Labute approximate surface area is 157 Å². The topological polar surface area (TPSA) is 112 Å². The van der Waals surface area contributed by atoms with Crippen LogP contribution in [0, 0.1) is 0 Å². The van der Waals surface area contributed by atoms with Crippen LogP contribution in [0.5, 0.6) is 5.75 Å². The molecule has 1 aromatic heterocycles. The molecule has 9 heteroatoms. The molecule has 136 valence electrons. The van der Waals surface area contributed by atoms with E-state index in [9.17, 15) is 14.7 Å². The van der Waals surface area contributed by atoms with Crippen molar-refractivity contribution in [2.24, 2.45) is 5.73 Å². The number of carbonyl (C=O) groups excluding carboxylic acids is 1. The number of esters is 1. The van der Waals surface area contributed by atoms with Gasteiger partial charge in [0, 0.05) is 21.7 Å². The van der Waals surface area contributed by atoms with Gasteiger partial charge in [0.2, 0.25) is 17.1 Å². The van der Waals surface area contributed by atoms with Crippen LogP contribution in [-0.2, 0) is 16.1 Å². The second kappa shape index (κ2) is 7.03. The van der Waals surface area contributed by atoms with Crippen molar-refractivity contribution in [3.63, 3.8) is 0 Å². The Kier molecular flexibility index (Phi) is 4.95. The fourth-order valence-electron chi connectivity index (χ4n) is 2.75. The van der Waals surface area contributed by atoms with E-state index < -0.39 is 23.9 Å². The molecule has 3 rings (SSSR count). The van der Waals surface area contributed by atoms with Gasteiger partial charge in [0.15, 0.2) is 5.76 Å². The summed E-state index contributed by atoms with van der Waals surface area (Å²) in [6, 6.07) is 5.83. The number of nitrogens with two attached hydrogens (primary N) is 1. The Bertz CT molecular complexity index is 961. The van der Waals surface area contributed by atoms with E-state index in [1.54, 1.807) is 18.2 Å². The predicted octanol–water partition coefficient (Wildman–Crippen LogP) is 2.31. The van der Waals surface area contributed by atoms with Crippen molar-refractivity contribution in [1.29, 1.82) is 0 Å². The zero-order valence-corrected chi connectivity index (χ0v) is 14.9. The lowest BCUT2D eigenvalue weighted by atomic mass is 9.86. The summed E-state index contributed by atoms with van der Waals surface area (Å²) in [5.41, 5.74) is 5.48. The minimum absolute atomic E-state index is 0.0183. The van der Waals surface area contributed by atoms with E-state index in [0.29, 0.717) is 5.56 Å². The van der Waals surface area contributed by atoms with Crippen LogP contribution in [0.3, 0.4) is 0 Å². The predicted molar refractivity (Wildman–Crippen MR) is 93.1 cm³/mol. The molecule has 2 aromatic rings.